The number of aliphatic hydroxyl groups is 1. The predicted molar refractivity (Wildman–Crippen MR) is 57.6 cm³/mol. The van der Waals surface area contributed by atoms with E-state index in [-0.39, 0.29) is 6.61 Å². The van der Waals surface area contributed by atoms with Gasteiger partial charge >= 0.3 is 0 Å². The van der Waals surface area contributed by atoms with Gasteiger partial charge in [-0.15, -0.1) is 0 Å². The van der Waals surface area contributed by atoms with Gasteiger partial charge in [-0.25, -0.2) is 0 Å². The number of rotatable bonds is 6. The number of benzene rings is 1. The molecule has 0 aliphatic heterocycles. The van der Waals surface area contributed by atoms with Crippen LogP contribution in [0.2, 0.25) is 0 Å². The van der Waals surface area contributed by atoms with Gasteiger partial charge in [-0.05, 0) is 43.9 Å². The van der Waals surface area contributed by atoms with Crippen LogP contribution in [0.15, 0.2) is 24.3 Å². The fourth-order valence-corrected chi connectivity index (χ4v) is 1.40. The minimum Gasteiger partial charge on any atom is -0.494 e. The summed E-state index contributed by atoms with van der Waals surface area (Å²) in [5.74, 6) is 0.939. The number of aliphatic hydroxyl groups excluding tert-OH is 1. The van der Waals surface area contributed by atoms with Crippen LogP contribution >= 0.6 is 0 Å². The molecule has 0 saturated heterocycles. The summed E-state index contributed by atoms with van der Waals surface area (Å²) >= 11 is 0. The molecule has 0 unspecified atom stereocenters. The molecule has 2 nitrogen and oxygen atoms in total. The summed E-state index contributed by atoms with van der Waals surface area (Å²) in [6.45, 7) is 2.98. The maximum Gasteiger partial charge on any atom is 0.119 e. The first-order chi connectivity index (χ1) is 6.86. The zero-order valence-corrected chi connectivity index (χ0v) is 8.70. The number of aryl methyl sites for hydroxylation is 1. The van der Waals surface area contributed by atoms with E-state index in [1.54, 1.807) is 0 Å². The van der Waals surface area contributed by atoms with E-state index in [9.17, 15) is 0 Å². The highest BCUT2D eigenvalue weighted by Gasteiger charge is 1.96. The molecule has 78 valence electrons. The van der Waals surface area contributed by atoms with Crippen molar-refractivity contribution in [1.29, 1.82) is 0 Å². The second kappa shape index (κ2) is 6.44. The topological polar surface area (TPSA) is 29.5 Å². The molecule has 0 atom stereocenters. The van der Waals surface area contributed by atoms with E-state index in [4.69, 9.17) is 9.84 Å². The first-order valence-corrected chi connectivity index (χ1v) is 5.19. The average Bonchev–Trinajstić information content (AvgIpc) is 2.19. The van der Waals surface area contributed by atoms with Crippen LogP contribution in [-0.4, -0.2) is 18.3 Å². The summed E-state index contributed by atoms with van der Waals surface area (Å²) in [6.07, 6.45) is 2.92. The van der Waals surface area contributed by atoms with E-state index in [2.05, 4.69) is 12.1 Å². The van der Waals surface area contributed by atoms with Gasteiger partial charge in [0.2, 0.25) is 0 Å². The Kier molecular flexibility index (Phi) is 5.08. The van der Waals surface area contributed by atoms with E-state index >= 15 is 0 Å². The molecule has 0 spiro atoms. The van der Waals surface area contributed by atoms with E-state index < -0.39 is 0 Å². The van der Waals surface area contributed by atoms with Crippen LogP contribution in [0.4, 0.5) is 0 Å². The van der Waals surface area contributed by atoms with Gasteiger partial charge in [-0.2, -0.15) is 0 Å². The molecule has 1 aromatic rings. The lowest BCUT2D eigenvalue weighted by Crippen LogP contribution is -1.93. The van der Waals surface area contributed by atoms with Crippen molar-refractivity contribution in [2.75, 3.05) is 13.2 Å². The number of hydrogen-bond donors (Lipinski definition) is 1. The largest absolute Gasteiger partial charge is 0.494 e. The first kappa shape index (κ1) is 11.1. The average molecular weight is 194 g/mol. The van der Waals surface area contributed by atoms with E-state index in [1.165, 1.54) is 5.56 Å². The van der Waals surface area contributed by atoms with Crippen LogP contribution in [0.25, 0.3) is 0 Å². The number of unbranched alkanes of at least 4 members (excludes halogenated alkanes) is 1. The van der Waals surface area contributed by atoms with Crippen LogP contribution in [0.3, 0.4) is 0 Å². The Morgan fingerprint density at radius 2 is 2.14 bits per heavy atom. The van der Waals surface area contributed by atoms with E-state index in [0.29, 0.717) is 6.61 Å². The monoisotopic (exact) mass is 194 g/mol. The Morgan fingerprint density at radius 3 is 2.86 bits per heavy atom. The number of hydrogen-bond acceptors (Lipinski definition) is 2. The van der Waals surface area contributed by atoms with Crippen molar-refractivity contribution in [2.24, 2.45) is 0 Å². The van der Waals surface area contributed by atoms with Crippen LogP contribution in [-0.2, 0) is 6.42 Å². The van der Waals surface area contributed by atoms with E-state index in [0.717, 1.165) is 25.0 Å². The zero-order valence-electron chi connectivity index (χ0n) is 8.70. The van der Waals surface area contributed by atoms with Crippen molar-refractivity contribution >= 4 is 0 Å². The highest BCUT2D eigenvalue weighted by atomic mass is 16.5. The smallest absolute Gasteiger partial charge is 0.119 e. The molecule has 0 saturated carbocycles. The molecule has 0 aliphatic carbocycles. The molecule has 1 N–H and O–H groups in total. The summed E-state index contributed by atoms with van der Waals surface area (Å²) < 4.78 is 5.40. The third kappa shape index (κ3) is 3.79. The minimum absolute atomic E-state index is 0.283. The molecule has 2 heteroatoms. The third-order valence-corrected chi connectivity index (χ3v) is 2.08. The van der Waals surface area contributed by atoms with Gasteiger partial charge in [0.25, 0.3) is 0 Å². The van der Waals surface area contributed by atoms with Gasteiger partial charge in [0.15, 0.2) is 0 Å². The Morgan fingerprint density at radius 1 is 1.29 bits per heavy atom. The van der Waals surface area contributed by atoms with Gasteiger partial charge < -0.3 is 9.84 Å². The summed E-state index contributed by atoms with van der Waals surface area (Å²) in [4.78, 5) is 0. The summed E-state index contributed by atoms with van der Waals surface area (Å²) in [7, 11) is 0. The van der Waals surface area contributed by atoms with Crippen LogP contribution in [0, 0.1) is 0 Å². The molecule has 0 radical (unpaired) electrons. The molecule has 0 heterocycles. The Hall–Kier alpha value is -1.02. The highest BCUT2D eigenvalue weighted by Crippen LogP contribution is 2.14. The fourth-order valence-electron chi connectivity index (χ4n) is 1.40. The molecular weight excluding hydrogens is 176 g/mol. The first-order valence-electron chi connectivity index (χ1n) is 5.19. The molecule has 0 fully saturated rings. The highest BCUT2D eigenvalue weighted by molar-refractivity contribution is 5.28. The Bertz CT molecular complexity index is 258. The summed E-state index contributed by atoms with van der Waals surface area (Å²) in [5.41, 5.74) is 1.28. The lowest BCUT2D eigenvalue weighted by molar-refractivity contribution is 0.284. The normalized spacial score (nSPS) is 10.1. The molecule has 0 bridgehead atoms. The second-order valence-electron chi connectivity index (χ2n) is 3.26. The van der Waals surface area contributed by atoms with Gasteiger partial charge in [0.05, 0.1) is 6.61 Å². The van der Waals surface area contributed by atoms with Crippen LogP contribution in [0.5, 0.6) is 5.75 Å². The van der Waals surface area contributed by atoms with Crippen molar-refractivity contribution in [1.82, 2.24) is 0 Å². The second-order valence-corrected chi connectivity index (χ2v) is 3.26. The molecule has 0 aromatic heterocycles. The lowest BCUT2D eigenvalue weighted by Gasteiger charge is -2.05. The predicted octanol–water partition coefficient (Wildman–Crippen LogP) is 2.40. The van der Waals surface area contributed by atoms with Crippen molar-refractivity contribution in [3.05, 3.63) is 29.8 Å². The number of ether oxygens (including phenoxy) is 1. The van der Waals surface area contributed by atoms with Crippen LogP contribution < -0.4 is 4.74 Å². The minimum atomic E-state index is 0.283. The maximum absolute atomic E-state index is 8.66. The fraction of sp³-hybridized carbons (Fsp3) is 0.500. The van der Waals surface area contributed by atoms with Gasteiger partial charge in [0.1, 0.15) is 5.75 Å². The van der Waals surface area contributed by atoms with Crippen molar-refractivity contribution in [2.45, 2.75) is 26.2 Å². The molecule has 1 aromatic carbocycles. The Labute approximate surface area is 85.5 Å². The SMILES string of the molecule is CCOc1cccc(CCCCO)c1. The lowest BCUT2D eigenvalue weighted by atomic mass is 10.1. The molecule has 14 heavy (non-hydrogen) atoms. The van der Waals surface area contributed by atoms with Gasteiger partial charge in [-0.1, -0.05) is 12.1 Å². The van der Waals surface area contributed by atoms with Crippen molar-refractivity contribution in [3.8, 4) is 5.75 Å². The van der Waals surface area contributed by atoms with Gasteiger partial charge in [-0.3, -0.25) is 0 Å². The van der Waals surface area contributed by atoms with Crippen molar-refractivity contribution < 1.29 is 9.84 Å². The van der Waals surface area contributed by atoms with Gasteiger partial charge in [0, 0.05) is 6.61 Å². The summed E-state index contributed by atoms with van der Waals surface area (Å²) in [5, 5.41) is 8.66. The quantitative estimate of drug-likeness (QED) is 0.705. The van der Waals surface area contributed by atoms with Crippen LogP contribution in [0.1, 0.15) is 25.3 Å². The summed E-state index contributed by atoms with van der Waals surface area (Å²) in [6, 6.07) is 8.15. The zero-order chi connectivity index (χ0) is 10.2. The van der Waals surface area contributed by atoms with E-state index in [1.807, 2.05) is 19.1 Å². The molecule has 0 amide bonds. The molecule has 0 aliphatic rings. The third-order valence-electron chi connectivity index (χ3n) is 2.08. The molecular formula is C12H18O2. The standard InChI is InChI=1S/C12H18O2/c1-2-14-12-8-5-7-11(10-12)6-3-4-9-13/h5,7-8,10,13H,2-4,6,9H2,1H3. The molecule has 1 rings (SSSR count). The Balaban J connectivity index is 2.46. The van der Waals surface area contributed by atoms with Crippen molar-refractivity contribution in [3.63, 3.8) is 0 Å². The maximum atomic E-state index is 8.66.